The summed E-state index contributed by atoms with van der Waals surface area (Å²) in [6.45, 7) is 32.3. The lowest BCUT2D eigenvalue weighted by Gasteiger charge is -2.51. The highest BCUT2D eigenvalue weighted by atomic mass is 32.1. The van der Waals surface area contributed by atoms with Crippen LogP contribution >= 0.6 is 11.3 Å². The van der Waals surface area contributed by atoms with E-state index in [1.165, 1.54) is 152 Å². The zero-order valence-corrected chi connectivity index (χ0v) is 51.2. The van der Waals surface area contributed by atoms with Crippen molar-refractivity contribution in [2.75, 3.05) is 14.7 Å². The first-order valence-corrected chi connectivity index (χ1v) is 31.5. The molecule has 0 bridgehead atoms. The lowest BCUT2D eigenvalue weighted by atomic mass is 9.33. The standard InChI is InChI=1S/C76H80BN3S/c1-70(2,3)48-29-32-61(52(39-48)47-23-15-14-16-24-47)79-63-43-53-51-25-17-20-28-67(51)81-68(53)46-60(63)77-59-44-57-58(74(10,11)38-37-73(57,8)9)45-64(59)78(49-30-31-54-56(40-49)72(6,7)36-35-71(54,4)5)65-41-50(42-66(79)69(65)77)80-62-27-19-18-26-55(62)75(12)33-21-22-34-76(75,80)13/h14-20,23-32,39-46H,21-22,33-38H2,1-13H3. The molecule has 81 heavy (non-hydrogen) atoms. The monoisotopic (exact) mass is 1080 g/mol. The first kappa shape index (κ1) is 51.3. The summed E-state index contributed by atoms with van der Waals surface area (Å²) >= 11 is 1.95. The van der Waals surface area contributed by atoms with E-state index < -0.39 is 0 Å². The predicted octanol–water partition coefficient (Wildman–Crippen LogP) is 19.5. The summed E-state index contributed by atoms with van der Waals surface area (Å²) in [6.07, 6.45) is 9.46. The Balaban J connectivity index is 1.13. The average molecular weight is 1080 g/mol. The summed E-state index contributed by atoms with van der Waals surface area (Å²) in [4.78, 5) is 8.39. The second-order valence-electron chi connectivity index (χ2n) is 29.7. The molecule has 0 amide bonds. The number of rotatable bonds is 4. The maximum absolute atomic E-state index is 2.85. The summed E-state index contributed by atoms with van der Waals surface area (Å²) < 4.78 is 2.69. The minimum absolute atomic E-state index is 0.0115. The second-order valence-corrected chi connectivity index (χ2v) is 30.8. The molecule has 15 rings (SSSR count). The number of anilines is 8. The summed E-state index contributed by atoms with van der Waals surface area (Å²) in [5.41, 5.74) is 25.8. The van der Waals surface area contributed by atoms with Crippen molar-refractivity contribution in [2.24, 2.45) is 0 Å². The van der Waals surface area contributed by atoms with E-state index in [9.17, 15) is 0 Å². The smallest absolute Gasteiger partial charge is 0.252 e. The molecule has 0 saturated heterocycles. The molecule has 0 N–H and O–H groups in total. The van der Waals surface area contributed by atoms with Crippen LogP contribution in [0.5, 0.6) is 0 Å². The number of benzene rings is 8. The van der Waals surface area contributed by atoms with E-state index in [0.717, 1.165) is 25.7 Å². The van der Waals surface area contributed by atoms with Crippen molar-refractivity contribution < 1.29 is 0 Å². The van der Waals surface area contributed by atoms with Crippen molar-refractivity contribution >= 4 is 100 Å². The van der Waals surface area contributed by atoms with Gasteiger partial charge in [-0.05, 0) is 195 Å². The van der Waals surface area contributed by atoms with E-state index in [1.54, 1.807) is 0 Å². The highest BCUT2D eigenvalue weighted by Gasteiger charge is 2.58. The Morgan fingerprint density at radius 2 is 1.02 bits per heavy atom. The molecule has 1 aromatic heterocycles. The van der Waals surface area contributed by atoms with E-state index in [-0.39, 0.29) is 44.7 Å². The van der Waals surface area contributed by atoms with Crippen molar-refractivity contribution in [3.8, 4) is 11.1 Å². The number of para-hydroxylation sites is 1. The van der Waals surface area contributed by atoms with Crippen molar-refractivity contribution in [2.45, 2.75) is 179 Å². The van der Waals surface area contributed by atoms with Crippen molar-refractivity contribution in [1.29, 1.82) is 0 Å². The van der Waals surface area contributed by atoms with E-state index in [2.05, 4.69) is 256 Å². The van der Waals surface area contributed by atoms with Crippen LogP contribution in [0.2, 0.25) is 0 Å². The fourth-order valence-corrected chi connectivity index (χ4v) is 17.9. The summed E-state index contributed by atoms with van der Waals surface area (Å²) in [7, 11) is 0. The third-order valence-corrected chi connectivity index (χ3v) is 23.2. The molecule has 408 valence electrons. The Kier molecular flexibility index (Phi) is 10.8. The molecule has 1 saturated carbocycles. The van der Waals surface area contributed by atoms with Gasteiger partial charge in [0, 0.05) is 71.0 Å². The van der Waals surface area contributed by atoms with Crippen LogP contribution in [0.4, 0.5) is 45.5 Å². The molecule has 3 aliphatic heterocycles. The maximum Gasteiger partial charge on any atom is 0.252 e. The third kappa shape index (κ3) is 7.25. The van der Waals surface area contributed by atoms with Gasteiger partial charge in [0.05, 0.1) is 11.2 Å². The molecule has 3 aliphatic carbocycles. The zero-order chi connectivity index (χ0) is 56.1. The number of nitrogens with zero attached hydrogens (tertiary/aromatic N) is 3. The zero-order valence-electron chi connectivity index (χ0n) is 50.4. The number of hydrogen-bond donors (Lipinski definition) is 0. The van der Waals surface area contributed by atoms with E-state index in [0.29, 0.717) is 0 Å². The van der Waals surface area contributed by atoms with Crippen LogP contribution in [-0.4, -0.2) is 12.3 Å². The Morgan fingerprint density at radius 1 is 0.420 bits per heavy atom. The van der Waals surface area contributed by atoms with Gasteiger partial charge >= 0.3 is 0 Å². The Morgan fingerprint density at radius 3 is 1.75 bits per heavy atom. The first-order chi connectivity index (χ1) is 38.5. The molecule has 8 aromatic carbocycles. The fourth-order valence-electron chi connectivity index (χ4n) is 16.8. The topological polar surface area (TPSA) is 9.72 Å². The Hall–Kier alpha value is -6.56. The maximum atomic E-state index is 2.85. The van der Waals surface area contributed by atoms with Gasteiger partial charge in [0.25, 0.3) is 6.71 Å². The minimum Gasteiger partial charge on any atom is -0.334 e. The van der Waals surface area contributed by atoms with Gasteiger partial charge in [-0.1, -0.05) is 181 Å². The average Bonchev–Trinajstić information content (AvgIpc) is 4.18. The van der Waals surface area contributed by atoms with Gasteiger partial charge < -0.3 is 14.7 Å². The summed E-state index contributed by atoms with van der Waals surface area (Å²) in [5, 5.41) is 2.66. The molecule has 5 heteroatoms. The van der Waals surface area contributed by atoms with Crippen LogP contribution in [-0.2, 0) is 32.5 Å². The van der Waals surface area contributed by atoms with Crippen LogP contribution in [0.1, 0.15) is 175 Å². The molecule has 4 heterocycles. The lowest BCUT2D eigenvalue weighted by Crippen LogP contribution is -2.62. The van der Waals surface area contributed by atoms with Gasteiger partial charge in [0.15, 0.2) is 0 Å². The Labute approximate surface area is 487 Å². The van der Waals surface area contributed by atoms with E-state index in [4.69, 9.17) is 0 Å². The number of thiophene rings is 1. The SMILES string of the molecule is CC(C)(C)c1ccc(N2c3cc4c(cc3B3c5cc6c(cc5N(c5ccc7c(c5)C(C)(C)CCC7(C)C)c5cc(N7c8ccccc8C8(C)CCCCC78C)cc2c53)C(C)(C)CCC6(C)C)sc2ccccc24)c(-c2ccccc2)c1. The molecule has 6 aliphatic rings. The molecular formula is C76H80BN3S. The quantitative estimate of drug-likeness (QED) is 0.163. The molecule has 0 radical (unpaired) electrons. The lowest BCUT2D eigenvalue weighted by molar-refractivity contribution is 0.195. The van der Waals surface area contributed by atoms with Gasteiger partial charge in [-0.2, -0.15) is 0 Å². The number of fused-ring (bicyclic) bond motifs is 12. The molecule has 9 aromatic rings. The van der Waals surface area contributed by atoms with Crippen molar-refractivity contribution in [1.82, 2.24) is 0 Å². The first-order valence-electron chi connectivity index (χ1n) is 30.7. The van der Waals surface area contributed by atoms with Crippen LogP contribution in [0.25, 0.3) is 31.3 Å². The van der Waals surface area contributed by atoms with Crippen molar-refractivity contribution in [3.05, 3.63) is 185 Å². The molecule has 0 spiro atoms. The molecule has 2 unspecified atom stereocenters. The van der Waals surface area contributed by atoms with E-state index in [1.807, 2.05) is 11.3 Å². The number of hydrogen-bond acceptors (Lipinski definition) is 4. The van der Waals surface area contributed by atoms with Gasteiger partial charge in [0.1, 0.15) is 0 Å². The van der Waals surface area contributed by atoms with Gasteiger partial charge in [0.2, 0.25) is 0 Å². The van der Waals surface area contributed by atoms with Gasteiger partial charge in [-0.25, -0.2) is 0 Å². The largest absolute Gasteiger partial charge is 0.334 e. The third-order valence-electron chi connectivity index (χ3n) is 22.1. The van der Waals surface area contributed by atoms with Crippen LogP contribution < -0.4 is 31.1 Å². The van der Waals surface area contributed by atoms with Crippen molar-refractivity contribution in [3.63, 3.8) is 0 Å². The summed E-state index contributed by atoms with van der Waals surface area (Å²) in [6, 6.07) is 61.1. The normalized spacial score (nSPS) is 22.4. The Bertz CT molecular complexity index is 4130. The van der Waals surface area contributed by atoms with Gasteiger partial charge in [-0.15, -0.1) is 11.3 Å². The molecular weight excluding hydrogens is 998 g/mol. The van der Waals surface area contributed by atoms with Gasteiger partial charge in [-0.3, -0.25) is 0 Å². The van der Waals surface area contributed by atoms with Crippen LogP contribution in [0.15, 0.2) is 152 Å². The molecule has 1 fully saturated rings. The minimum atomic E-state index is -0.147. The molecule has 2 atom stereocenters. The highest BCUT2D eigenvalue weighted by Crippen LogP contribution is 2.62. The summed E-state index contributed by atoms with van der Waals surface area (Å²) in [5.74, 6) is 0. The molecule has 3 nitrogen and oxygen atoms in total. The van der Waals surface area contributed by atoms with Crippen LogP contribution in [0, 0.1) is 0 Å². The highest BCUT2D eigenvalue weighted by molar-refractivity contribution is 7.26. The van der Waals surface area contributed by atoms with Crippen LogP contribution in [0.3, 0.4) is 0 Å². The second kappa shape index (κ2) is 17.0. The predicted molar refractivity (Wildman–Crippen MR) is 351 cm³/mol. The fraction of sp³-hybridized carbons (Fsp3) is 0.368. The van der Waals surface area contributed by atoms with E-state index >= 15 is 0 Å².